The van der Waals surface area contributed by atoms with Gasteiger partial charge in [0.2, 0.25) is 0 Å². The fourth-order valence-electron chi connectivity index (χ4n) is 1.18. The Balaban J connectivity index is 2.53. The van der Waals surface area contributed by atoms with Gasteiger partial charge >= 0.3 is 0 Å². The number of aromatic nitrogens is 3. The third kappa shape index (κ3) is 2.55. The summed E-state index contributed by atoms with van der Waals surface area (Å²) in [7, 11) is 1.78. The standard InChI is InChI=1S/C9H16N4O/c1-4-7(2)6-13(3)9(14)8-5-10-12-11-8/h5,7H,4,6H2,1-3H3,(H,10,11,12). The fourth-order valence-corrected chi connectivity index (χ4v) is 1.18. The van der Waals surface area contributed by atoms with E-state index in [1.54, 1.807) is 11.9 Å². The normalized spacial score (nSPS) is 12.5. The number of carbonyl (C=O) groups is 1. The molecule has 0 aromatic carbocycles. The number of hydrogen-bond acceptors (Lipinski definition) is 3. The number of nitrogens with zero attached hydrogens (tertiary/aromatic N) is 3. The molecule has 1 unspecified atom stereocenters. The van der Waals surface area contributed by atoms with Crippen molar-refractivity contribution in [1.82, 2.24) is 20.3 Å². The average molecular weight is 196 g/mol. The van der Waals surface area contributed by atoms with Crippen LogP contribution in [0.4, 0.5) is 0 Å². The van der Waals surface area contributed by atoms with Crippen molar-refractivity contribution in [2.24, 2.45) is 5.92 Å². The Kier molecular flexibility index (Phi) is 3.62. The van der Waals surface area contributed by atoms with E-state index in [0.717, 1.165) is 13.0 Å². The maximum Gasteiger partial charge on any atom is 0.275 e. The summed E-state index contributed by atoms with van der Waals surface area (Å²) in [6.07, 6.45) is 2.51. The zero-order chi connectivity index (χ0) is 10.6. The zero-order valence-corrected chi connectivity index (χ0v) is 8.82. The minimum Gasteiger partial charge on any atom is -0.340 e. The second-order valence-corrected chi connectivity index (χ2v) is 3.55. The molecule has 1 amide bonds. The van der Waals surface area contributed by atoms with E-state index < -0.39 is 0 Å². The van der Waals surface area contributed by atoms with E-state index in [9.17, 15) is 4.79 Å². The Morgan fingerprint density at radius 2 is 2.43 bits per heavy atom. The molecule has 0 saturated carbocycles. The first kappa shape index (κ1) is 10.7. The maximum absolute atomic E-state index is 11.7. The van der Waals surface area contributed by atoms with Crippen LogP contribution in [0.3, 0.4) is 0 Å². The summed E-state index contributed by atoms with van der Waals surface area (Å²) in [5.74, 6) is 0.426. The SMILES string of the molecule is CCC(C)CN(C)C(=O)c1cn[nH]n1. The van der Waals surface area contributed by atoms with Gasteiger partial charge in [0.1, 0.15) is 0 Å². The van der Waals surface area contributed by atoms with E-state index in [2.05, 4.69) is 29.3 Å². The summed E-state index contributed by atoms with van der Waals surface area (Å²) in [5.41, 5.74) is 0.371. The summed E-state index contributed by atoms with van der Waals surface area (Å²) >= 11 is 0. The third-order valence-electron chi connectivity index (χ3n) is 2.26. The molecule has 14 heavy (non-hydrogen) atoms. The molecule has 78 valence electrons. The van der Waals surface area contributed by atoms with Gasteiger partial charge in [-0.15, -0.1) is 0 Å². The number of H-pyrrole nitrogens is 1. The van der Waals surface area contributed by atoms with Crippen molar-refractivity contribution in [3.05, 3.63) is 11.9 Å². The number of nitrogens with one attached hydrogen (secondary N) is 1. The van der Waals surface area contributed by atoms with Crippen molar-refractivity contribution < 1.29 is 4.79 Å². The van der Waals surface area contributed by atoms with Crippen LogP contribution in [0.1, 0.15) is 30.8 Å². The molecule has 1 aromatic rings. The van der Waals surface area contributed by atoms with Crippen LogP contribution in [0.5, 0.6) is 0 Å². The van der Waals surface area contributed by atoms with Crippen LogP contribution in [0.25, 0.3) is 0 Å². The van der Waals surface area contributed by atoms with Gasteiger partial charge in [0.25, 0.3) is 5.91 Å². The quantitative estimate of drug-likeness (QED) is 0.779. The fraction of sp³-hybridized carbons (Fsp3) is 0.667. The molecule has 5 heteroatoms. The Hall–Kier alpha value is -1.39. The van der Waals surface area contributed by atoms with Crippen molar-refractivity contribution >= 4 is 5.91 Å². The van der Waals surface area contributed by atoms with E-state index in [0.29, 0.717) is 11.6 Å². The van der Waals surface area contributed by atoms with Gasteiger partial charge in [0.05, 0.1) is 6.20 Å². The van der Waals surface area contributed by atoms with Crippen molar-refractivity contribution in [2.45, 2.75) is 20.3 Å². The minimum absolute atomic E-state index is 0.0842. The number of aromatic amines is 1. The van der Waals surface area contributed by atoms with Gasteiger partial charge in [-0.1, -0.05) is 20.3 Å². The Morgan fingerprint density at radius 1 is 1.71 bits per heavy atom. The molecular formula is C9H16N4O. The van der Waals surface area contributed by atoms with Crippen molar-refractivity contribution in [3.8, 4) is 0 Å². The van der Waals surface area contributed by atoms with E-state index in [-0.39, 0.29) is 5.91 Å². The molecule has 0 aliphatic heterocycles. The minimum atomic E-state index is -0.0842. The molecule has 0 spiro atoms. The Morgan fingerprint density at radius 3 is 2.93 bits per heavy atom. The molecular weight excluding hydrogens is 180 g/mol. The molecule has 0 radical (unpaired) electrons. The summed E-state index contributed by atoms with van der Waals surface area (Å²) in [6, 6.07) is 0. The van der Waals surface area contributed by atoms with Crippen LogP contribution < -0.4 is 0 Å². The van der Waals surface area contributed by atoms with Gasteiger partial charge in [-0.3, -0.25) is 4.79 Å². The molecule has 0 saturated heterocycles. The predicted molar refractivity (Wildman–Crippen MR) is 52.8 cm³/mol. The highest BCUT2D eigenvalue weighted by Gasteiger charge is 2.15. The Labute approximate surface area is 83.5 Å². The molecule has 1 atom stereocenters. The highest BCUT2D eigenvalue weighted by molar-refractivity contribution is 5.91. The predicted octanol–water partition coefficient (Wildman–Crippen LogP) is 0.923. The second-order valence-electron chi connectivity index (χ2n) is 3.55. The van der Waals surface area contributed by atoms with E-state index in [4.69, 9.17) is 0 Å². The van der Waals surface area contributed by atoms with Crippen LogP contribution in [0, 0.1) is 5.92 Å². The number of carbonyl (C=O) groups excluding carboxylic acids is 1. The molecule has 1 N–H and O–H groups in total. The number of amides is 1. The topological polar surface area (TPSA) is 61.9 Å². The van der Waals surface area contributed by atoms with Crippen molar-refractivity contribution in [3.63, 3.8) is 0 Å². The largest absolute Gasteiger partial charge is 0.340 e. The zero-order valence-electron chi connectivity index (χ0n) is 8.82. The number of rotatable bonds is 4. The first-order valence-corrected chi connectivity index (χ1v) is 4.76. The molecule has 1 heterocycles. The Bertz CT molecular complexity index is 283. The summed E-state index contributed by atoms with van der Waals surface area (Å²) < 4.78 is 0. The molecule has 5 nitrogen and oxygen atoms in total. The van der Waals surface area contributed by atoms with Crippen LogP contribution in [-0.2, 0) is 0 Å². The lowest BCUT2D eigenvalue weighted by Gasteiger charge is -2.19. The highest BCUT2D eigenvalue weighted by Crippen LogP contribution is 2.05. The van der Waals surface area contributed by atoms with Gasteiger partial charge in [-0.25, -0.2) is 0 Å². The molecule has 1 aromatic heterocycles. The van der Waals surface area contributed by atoms with Crippen LogP contribution in [-0.4, -0.2) is 39.8 Å². The number of hydrogen-bond donors (Lipinski definition) is 1. The van der Waals surface area contributed by atoms with Gasteiger partial charge in [0.15, 0.2) is 5.69 Å². The maximum atomic E-state index is 11.7. The second kappa shape index (κ2) is 4.74. The lowest BCUT2D eigenvalue weighted by molar-refractivity contribution is 0.0769. The lowest BCUT2D eigenvalue weighted by atomic mass is 10.1. The first-order chi connectivity index (χ1) is 6.65. The summed E-state index contributed by atoms with van der Waals surface area (Å²) in [5, 5.41) is 9.77. The molecule has 0 aliphatic rings. The van der Waals surface area contributed by atoms with Gasteiger partial charge in [0, 0.05) is 13.6 Å². The van der Waals surface area contributed by atoms with E-state index in [1.807, 2.05) is 0 Å². The lowest BCUT2D eigenvalue weighted by Crippen LogP contribution is -2.31. The van der Waals surface area contributed by atoms with Crippen molar-refractivity contribution in [1.29, 1.82) is 0 Å². The molecule has 0 bridgehead atoms. The van der Waals surface area contributed by atoms with E-state index >= 15 is 0 Å². The van der Waals surface area contributed by atoms with Crippen LogP contribution in [0.15, 0.2) is 6.20 Å². The molecule has 1 rings (SSSR count). The average Bonchev–Trinajstić information content (AvgIpc) is 2.69. The van der Waals surface area contributed by atoms with Crippen molar-refractivity contribution in [2.75, 3.05) is 13.6 Å². The van der Waals surface area contributed by atoms with Crippen LogP contribution >= 0.6 is 0 Å². The molecule has 0 fully saturated rings. The van der Waals surface area contributed by atoms with Gasteiger partial charge in [-0.2, -0.15) is 15.4 Å². The van der Waals surface area contributed by atoms with Gasteiger partial charge < -0.3 is 4.90 Å². The summed E-state index contributed by atoms with van der Waals surface area (Å²) in [4.78, 5) is 13.3. The first-order valence-electron chi connectivity index (χ1n) is 4.76. The third-order valence-corrected chi connectivity index (χ3v) is 2.26. The monoisotopic (exact) mass is 196 g/mol. The van der Waals surface area contributed by atoms with E-state index in [1.165, 1.54) is 6.20 Å². The summed E-state index contributed by atoms with van der Waals surface area (Å²) in [6.45, 7) is 4.98. The smallest absolute Gasteiger partial charge is 0.275 e. The molecule has 0 aliphatic carbocycles. The van der Waals surface area contributed by atoms with Gasteiger partial charge in [-0.05, 0) is 5.92 Å². The van der Waals surface area contributed by atoms with Crippen LogP contribution in [0.2, 0.25) is 0 Å². The highest BCUT2D eigenvalue weighted by atomic mass is 16.2.